The van der Waals surface area contributed by atoms with Crippen molar-refractivity contribution in [2.24, 2.45) is 0 Å². The van der Waals surface area contributed by atoms with Crippen LogP contribution in [-0.2, 0) is 4.79 Å². The fourth-order valence-corrected chi connectivity index (χ4v) is 3.90. The van der Waals surface area contributed by atoms with Gasteiger partial charge in [0.25, 0.3) is 0 Å². The van der Waals surface area contributed by atoms with Gasteiger partial charge in [-0.2, -0.15) is 0 Å². The van der Waals surface area contributed by atoms with E-state index in [1.165, 1.54) is 11.8 Å². The number of hydrogen-bond donors (Lipinski definition) is 1. The minimum atomic E-state index is -0.329. The summed E-state index contributed by atoms with van der Waals surface area (Å²) in [6.45, 7) is 5.69. The second kappa shape index (κ2) is 7.00. The summed E-state index contributed by atoms with van der Waals surface area (Å²) in [5.74, 6) is 0.726. The van der Waals surface area contributed by atoms with E-state index >= 15 is 0 Å². The topological polar surface area (TPSA) is 72.2 Å². The second-order valence-electron chi connectivity index (χ2n) is 6.43. The molecule has 4 aromatic rings. The molecular weight excluding hydrogens is 358 g/mol. The molecule has 6 nitrogen and oxygen atoms in total. The molecule has 27 heavy (non-hydrogen) atoms. The molecule has 0 spiro atoms. The molecule has 2 heterocycles. The Balaban J connectivity index is 1.52. The molecule has 0 radical (unpaired) electrons. The van der Waals surface area contributed by atoms with Gasteiger partial charge in [0, 0.05) is 17.4 Å². The number of nitrogens with one attached hydrogen (secondary N) is 1. The third kappa shape index (κ3) is 3.50. The molecule has 136 valence electrons. The van der Waals surface area contributed by atoms with Gasteiger partial charge in [-0.15, -0.1) is 10.2 Å². The number of nitrogens with zero attached hydrogens (tertiary/aromatic N) is 4. The Morgan fingerprint density at radius 2 is 1.85 bits per heavy atom. The largest absolute Gasteiger partial charge is 0.325 e. The van der Waals surface area contributed by atoms with Gasteiger partial charge in [0.05, 0.1) is 5.25 Å². The maximum atomic E-state index is 12.6. The zero-order valence-corrected chi connectivity index (χ0v) is 16.1. The third-order valence-electron chi connectivity index (χ3n) is 4.33. The van der Waals surface area contributed by atoms with Crippen molar-refractivity contribution in [1.29, 1.82) is 0 Å². The molecule has 4 rings (SSSR count). The second-order valence-corrected chi connectivity index (χ2v) is 7.74. The zero-order chi connectivity index (χ0) is 19.0. The summed E-state index contributed by atoms with van der Waals surface area (Å²) in [6, 6.07) is 15.9. The van der Waals surface area contributed by atoms with E-state index in [4.69, 9.17) is 0 Å². The van der Waals surface area contributed by atoms with Crippen molar-refractivity contribution in [2.75, 3.05) is 5.32 Å². The number of aromatic nitrogens is 4. The van der Waals surface area contributed by atoms with Crippen LogP contribution in [0.2, 0.25) is 0 Å². The average molecular weight is 377 g/mol. The van der Waals surface area contributed by atoms with Crippen molar-refractivity contribution < 1.29 is 4.79 Å². The van der Waals surface area contributed by atoms with Gasteiger partial charge in [0.15, 0.2) is 10.8 Å². The highest BCUT2D eigenvalue weighted by Crippen LogP contribution is 2.25. The number of carbonyl (C=O) groups excluding carboxylic acids is 1. The van der Waals surface area contributed by atoms with Gasteiger partial charge in [-0.05, 0) is 43.7 Å². The number of aryl methyl sites for hydroxylation is 2. The summed E-state index contributed by atoms with van der Waals surface area (Å²) in [5.41, 5.74) is 2.42. The van der Waals surface area contributed by atoms with Gasteiger partial charge < -0.3 is 5.32 Å². The maximum Gasteiger partial charge on any atom is 0.237 e. The van der Waals surface area contributed by atoms with Crippen molar-refractivity contribution in [3.8, 4) is 0 Å². The molecule has 1 amide bonds. The summed E-state index contributed by atoms with van der Waals surface area (Å²) in [6.07, 6.45) is 0. The van der Waals surface area contributed by atoms with Gasteiger partial charge in [0.2, 0.25) is 5.91 Å². The van der Waals surface area contributed by atoms with Crippen molar-refractivity contribution >= 4 is 39.8 Å². The number of carbonyl (C=O) groups is 1. The van der Waals surface area contributed by atoms with E-state index in [0.717, 1.165) is 33.6 Å². The van der Waals surface area contributed by atoms with Crippen LogP contribution >= 0.6 is 11.8 Å². The van der Waals surface area contributed by atoms with E-state index in [-0.39, 0.29) is 11.2 Å². The quantitative estimate of drug-likeness (QED) is 0.544. The van der Waals surface area contributed by atoms with Gasteiger partial charge >= 0.3 is 0 Å². The number of benzene rings is 2. The summed E-state index contributed by atoms with van der Waals surface area (Å²) in [5, 5.41) is 14.0. The van der Waals surface area contributed by atoms with E-state index in [1.54, 1.807) is 0 Å². The van der Waals surface area contributed by atoms with Crippen LogP contribution in [0.1, 0.15) is 18.4 Å². The maximum absolute atomic E-state index is 12.6. The number of fused-ring (bicyclic) bond motifs is 2. The first-order valence-corrected chi connectivity index (χ1v) is 9.55. The summed E-state index contributed by atoms with van der Waals surface area (Å²) >= 11 is 1.37. The van der Waals surface area contributed by atoms with E-state index in [9.17, 15) is 4.79 Å². The first kappa shape index (κ1) is 17.5. The normalized spacial score (nSPS) is 12.4. The monoisotopic (exact) mass is 377 g/mol. The molecule has 0 aliphatic rings. The van der Waals surface area contributed by atoms with Gasteiger partial charge in [-0.3, -0.25) is 9.20 Å². The van der Waals surface area contributed by atoms with Crippen LogP contribution < -0.4 is 5.32 Å². The number of hydrogen-bond acceptors (Lipinski definition) is 5. The highest BCUT2D eigenvalue weighted by Gasteiger charge is 2.19. The Labute approximate surface area is 161 Å². The molecule has 0 aliphatic carbocycles. The molecule has 0 saturated carbocycles. The lowest BCUT2D eigenvalue weighted by Crippen LogP contribution is -2.22. The highest BCUT2D eigenvalue weighted by atomic mass is 32.2. The van der Waals surface area contributed by atoms with E-state index in [0.29, 0.717) is 5.16 Å². The molecule has 2 aromatic heterocycles. The molecule has 1 N–H and O–H groups in total. The standard InChI is InChI=1S/C20H19N5OS/c1-12-10-18-23-24-20(25(18)14(3)21-12)27-13(2)19(26)22-17-9-8-15-6-4-5-7-16(15)11-17/h4-11,13H,1-3H3,(H,22,26). The summed E-state index contributed by atoms with van der Waals surface area (Å²) in [7, 11) is 0. The lowest BCUT2D eigenvalue weighted by molar-refractivity contribution is -0.115. The lowest BCUT2D eigenvalue weighted by Gasteiger charge is -2.12. The van der Waals surface area contributed by atoms with Crippen LogP contribution in [0.5, 0.6) is 0 Å². The number of thioether (sulfide) groups is 1. The fraction of sp³-hybridized carbons (Fsp3) is 0.200. The molecular formula is C20H19N5OS. The molecule has 0 saturated heterocycles. The molecule has 2 aromatic carbocycles. The molecule has 0 aliphatic heterocycles. The highest BCUT2D eigenvalue weighted by molar-refractivity contribution is 8.00. The smallest absolute Gasteiger partial charge is 0.237 e. The third-order valence-corrected chi connectivity index (χ3v) is 5.37. The van der Waals surface area contributed by atoms with Crippen molar-refractivity contribution in [3.63, 3.8) is 0 Å². The molecule has 1 atom stereocenters. The predicted molar refractivity (Wildman–Crippen MR) is 108 cm³/mol. The number of rotatable bonds is 4. The van der Waals surface area contributed by atoms with Crippen LogP contribution in [-0.4, -0.2) is 30.7 Å². The predicted octanol–water partition coefficient (Wildman–Crippen LogP) is 4.01. The molecule has 1 unspecified atom stereocenters. The van der Waals surface area contributed by atoms with E-state index in [2.05, 4.69) is 20.5 Å². The van der Waals surface area contributed by atoms with Crippen molar-refractivity contribution in [3.05, 3.63) is 60.0 Å². The SMILES string of the molecule is Cc1cc2nnc(SC(C)C(=O)Nc3ccc4ccccc4c3)n2c(C)n1. The first-order valence-electron chi connectivity index (χ1n) is 8.67. The first-order chi connectivity index (χ1) is 13.0. The van der Waals surface area contributed by atoms with Crippen molar-refractivity contribution in [1.82, 2.24) is 19.6 Å². The van der Waals surface area contributed by atoms with Crippen LogP contribution in [0.3, 0.4) is 0 Å². The Bertz CT molecular complexity index is 1150. The van der Waals surface area contributed by atoms with Crippen molar-refractivity contribution in [2.45, 2.75) is 31.2 Å². The van der Waals surface area contributed by atoms with E-state index in [1.807, 2.05) is 73.7 Å². The number of amides is 1. The summed E-state index contributed by atoms with van der Waals surface area (Å²) in [4.78, 5) is 17.1. The fourth-order valence-electron chi connectivity index (χ4n) is 3.00. The lowest BCUT2D eigenvalue weighted by atomic mass is 10.1. The van der Waals surface area contributed by atoms with E-state index < -0.39 is 0 Å². The summed E-state index contributed by atoms with van der Waals surface area (Å²) < 4.78 is 1.87. The molecule has 0 bridgehead atoms. The van der Waals surface area contributed by atoms with Crippen LogP contribution in [0, 0.1) is 13.8 Å². The Kier molecular flexibility index (Phi) is 4.53. The average Bonchev–Trinajstić information content (AvgIpc) is 3.04. The molecule has 0 fully saturated rings. The van der Waals surface area contributed by atoms with Crippen LogP contribution in [0.4, 0.5) is 5.69 Å². The van der Waals surface area contributed by atoms with Gasteiger partial charge in [-0.25, -0.2) is 4.98 Å². The minimum Gasteiger partial charge on any atom is -0.325 e. The minimum absolute atomic E-state index is 0.0789. The Morgan fingerprint density at radius 3 is 2.67 bits per heavy atom. The Morgan fingerprint density at radius 1 is 1.07 bits per heavy atom. The molecule has 7 heteroatoms. The van der Waals surface area contributed by atoms with Crippen LogP contribution in [0.25, 0.3) is 16.4 Å². The van der Waals surface area contributed by atoms with Crippen LogP contribution in [0.15, 0.2) is 53.7 Å². The number of anilines is 1. The van der Waals surface area contributed by atoms with Gasteiger partial charge in [0.1, 0.15) is 5.82 Å². The Hall–Kier alpha value is -2.93. The van der Waals surface area contributed by atoms with Gasteiger partial charge in [-0.1, -0.05) is 42.1 Å². The zero-order valence-electron chi connectivity index (χ0n) is 15.3.